The van der Waals surface area contributed by atoms with E-state index in [1.54, 1.807) is 7.11 Å². The number of nitrogens with one attached hydrogen (secondary N) is 1. The molecule has 3 aliphatic rings. The maximum Gasteiger partial charge on any atom is 0.257 e. The number of ether oxygens (including phenoxy) is 3. The van der Waals surface area contributed by atoms with Gasteiger partial charge in [0.05, 0.1) is 25.5 Å². The molecule has 200 valence electrons. The van der Waals surface area contributed by atoms with Crippen molar-refractivity contribution in [1.29, 1.82) is 0 Å². The molecule has 2 amide bonds. The standard InChI is InChI=1S/C29H33N3O6/c1-18-23(19(2)38-31-18)8-9-28(34)32-12-10-20-15-26-25(35-3)16-24(20)29(32)21-6-4-7-22(14-21)36-13-5-11-30-27(33)17-37-26/h4,6-7,14-16,29H,5,8-13,17H2,1-3H3,(H,30,33). The lowest BCUT2D eigenvalue weighted by Crippen LogP contribution is -2.40. The second-order valence-corrected chi connectivity index (χ2v) is 9.66. The molecule has 1 aromatic heterocycles. The Hall–Kier alpha value is -4.01. The Balaban J connectivity index is 1.53. The lowest BCUT2D eigenvalue weighted by molar-refractivity contribution is -0.133. The third-order valence-electron chi connectivity index (χ3n) is 7.19. The lowest BCUT2D eigenvalue weighted by Gasteiger charge is -2.38. The second kappa shape index (κ2) is 11.2. The van der Waals surface area contributed by atoms with Gasteiger partial charge in [0.1, 0.15) is 11.5 Å². The molecule has 0 saturated heterocycles. The monoisotopic (exact) mass is 519 g/mol. The Morgan fingerprint density at radius 1 is 1.21 bits per heavy atom. The molecular weight excluding hydrogens is 486 g/mol. The highest BCUT2D eigenvalue weighted by Crippen LogP contribution is 2.42. The molecule has 1 unspecified atom stereocenters. The maximum absolute atomic E-state index is 13.7. The van der Waals surface area contributed by atoms with Gasteiger partial charge in [-0.25, -0.2) is 0 Å². The van der Waals surface area contributed by atoms with E-state index in [1.807, 2.05) is 55.1 Å². The van der Waals surface area contributed by atoms with Gasteiger partial charge in [0.25, 0.3) is 5.91 Å². The van der Waals surface area contributed by atoms with Gasteiger partial charge in [-0.05, 0) is 74.1 Å². The quantitative estimate of drug-likeness (QED) is 0.561. The smallest absolute Gasteiger partial charge is 0.257 e. The van der Waals surface area contributed by atoms with E-state index >= 15 is 0 Å². The molecule has 3 aliphatic heterocycles. The zero-order chi connectivity index (χ0) is 26.6. The summed E-state index contributed by atoms with van der Waals surface area (Å²) < 4.78 is 22.8. The zero-order valence-electron chi connectivity index (χ0n) is 22.0. The first-order valence-electron chi connectivity index (χ1n) is 13.0. The van der Waals surface area contributed by atoms with Crippen molar-refractivity contribution in [3.63, 3.8) is 0 Å². The summed E-state index contributed by atoms with van der Waals surface area (Å²) in [5.41, 5.74) is 4.79. The fourth-order valence-corrected chi connectivity index (χ4v) is 5.22. The number of hydrogen-bond acceptors (Lipinski definition) is 7. The van der Waals surface area contributed by atoms with Gasteiger partial charge in [-0.15, -0.1) is 0 Å². The van der Waals surface area contributed by atoms with Crippen LogP contribution in [-0.2, 0) is 22.4 Å². The number of nitrogens with zero attached hydrogens (tertiary/aromatic N) is 2. The SMILES string of the molecule is COc1cc2c3cc1OCC(=O)NCCCOc1cccc(c1)C2N(C(=O)CCc1c(C)noc1C)CC3. The summed E-state index contributed by atoms with van der Waals surface area (Å²) in [6.07, 6.45) is 2.23. The molecule has 0 saturated carbocycles. The first-order chi connectivity index (χ1) is 18.4. The van der Waals surface area contributed by atoms with E-state index in [-0.39, 0.29) is 24.5 Å². The summed E-state index contributed by atoms with van der Waals surface area (Å²) in [4.78, 5) is 27.9. The molecule has 0 fully saturated rings. The van der Waals surface area contributed by atoms with Crippen molar-refractivity contribution in [1.82, 2.24) is 15.4 Å². The Bertz CT molecular complexity index is 1310. The van der Waals surface area contributed by atoms with Gasteiger partial charge in [-0.3, -0.25) is 9.59 Å². The Morgan fingerprint density at radius 3 is 2.87 bits per heavy atom. The molecule has 0 radical (unpaired) electrons. The van der Waals surface area contributed by atoms with Gasteiger partial charge < -0.3 is 29.0 Å². The van der Waals surface area contributed by atoms with Crippen LogP contribution in [0.1, 0.15) is 52.6 Å². The number of fused-ring (bicyclic) bond motifs is 8. The molecule has 4 heterocycles. The summed E-state index contributed by atoms with van der Waals surface area (Å²) in [6, 6.07) is 11.4. The average molecular weight is 520 g/mol. The Labute approximate surface area is 222 Å². The molecule has 1 N–H and O–H groups in total. The van der Waals surface area contributed by atoms with Gasteiger partial charge in [0.2, 0.25) is 5.91 Å². The number of hydrogen-bond donors (Lipinski definition) is 1. The van der Waals surface area contributed by atoms with E-state index in [1.165, 1.54) is 0 Å². The van der Waals surface area contributed by atoms with Crippen molar-refractivity contribution in [3.8, 4) is 17.2 Å². The molecule has 6 rings (SSSR count). The summed E-state index contributed by atoms with van der Waals surface area (Å²) in [5, 5.41) is 6.88. The largest absolute Gasteiger partial charge is 0.494 e. The van der Waals surface area contributed by atoms with Gasteiger partial charge in [-0.1, -0.05) is 17.3 Å². The number of carbonyl (C=O) groups is 2. The highest BCUT2D eigenvalue weighted by Gasteiger charge is 2.34. The number of aryl methyl sites for hydroxylation is 2. The Kier molecular flexibility index (Phi) is 7.53. The molecule has 3 aromatic rings. The van der Waals surface area contributed by atoms with Crippen LogP contribution in [0.3, 0.4) is 0 Å². The number of aromatic nitrogens is 1. The minimum absolute atomic E-state index is 0.0531. The minimum Gasteiger partial charge on any atom is -0.494 e. The van der Waals surface area contributed by atoms with Crippen LogP contribution >= 0.6 is 0 Å². The van der Waals surface area contributed by atoms with Crippen LogP contribution in [0.2, 0.25) is 0 Å². The maximum atomic E-state index is 13.7. The summed E-state index contributed by atoms with van der Waals surface area (Å²) in [5.74, 6) is 2.36. The summed E-state index contributed by atoms with van der Waals surface area (Å²) in [7, 11) is 1.58. The van der Waals surface area contributed by atoms with Gasteiger partial charge >= 0.3 is 0 Å². The molecule has 1 atom stereocenters. The number of methoxy groups -OCH3 is 1. The van der Waals surface area contributed by atoms with E-state index < -0.39 is 0 Å². The summed E-state index contributed by atoms with van der Waals surface area (Å²) >= 11 is 0. The van der Waals surface area contributed by atoms with Crippen LogP contribution in [0.4, 0.5) is 0 Å². The molecule has 9 nitrogen and oxygen atoms in total. The van der Waals surface area contributed by atoms with E-state index in [2.05, 4.69) is 10.5 Å². The van der Waals surface area contributed by atoms with E-state index in [0.717, 1.165) is 39.5 Å². The molecule has 38 heavy (non-hydrogen) atoms. The van der Waals surface area contributed by atoms with Crippen LogP contribution in [0.25, 0.3) is 0 Å². The van der Waals surface area contributed by atoms with Crippen molar-refractivity contribution in [2.75, 3.05) is 33.4 Å². The number of rotatable bonds is 4. The average Bonchev–Trinajstić information content (AvgIpc) is 3.25. The normalized spacial score (nSPS) is 17.4. The van der Waals surface area contributed by atoms with Gasteiger partial charge in [0.15, 0.2) is 18.1 Å². The number of amides is 2. The van der Waals surface area contributed by atoms with Crippen molar-refractivity contribution in [2.24, 2.45) is 0 Å². The van der Waals surface area contributed by atoms with Crippen molar-refractivity contribution in [3.05, 3.63) is 70.1 Å². The van der Waals surface area contributed by atoms with E-state index in [9.17, 15) is 9.59 Å². The predicted octanol–water partition coefficient (Wildman–Crippen LogP) is 3.68. The highest BCUT2D eigenvalue weighted by molar-refractivity contribution is 5.79. The van der Waals surface area contributed by atoms with Crippen LogP contribution in [-0.4, -0.2) is 55.3 Å². The number of benzene rings is 2. The third-order valence-corrected chi connectivity index (χ3v) is 7.19. The minimum atomic E-state index is -0.321. The highest BCUT2D eigenvalue weighted by atomic mass is 16.5. The summed E-state index contributed by atoms with van der Waals surface area (Å²) in [6.45, 7) is 5.16. The first-order valence-corrected chi connectivity index (χ1v) is 13.0. The second-order valence-electron chi connectivity index (χ2n) is 9.66. The van der Waals surface area contributed by atoms with Crippen LogP contribution < -0.4 is 19.5 Å². The Morgan fingerprint density at radius 2 is 2.08 bits per heavy atom. The van der Waals surface area contributed by atoms with Gasteiger partial charge in [0, 0.05) is 25.1 Å². The third kappa shape index (κ3) is 5.32. The first kappa shape index (κ1) is 25.6. The van der Waals surface area contributed by atoms with Crippen molar-refractivity contribution < 1.29 is 28.3 Å². The number of carbonyl (C=O) groups excluding carboxylic acids is 2. The van der Waals surface area contributed by atoms with E-state index in [4.69, 9.17) is 18.7 Å². The molecular formula is C29H33N3O6. The molecule has 6 bridgehead atoms. The molecule has 0 spiro atoms. The molecule has 9 heteroatoms. The molecule has 0 aliphatic carbocycles. The zero-order valence-corrected chi connectivity index (χ0v) is 22.0. The van der Waals surface area contributed by atoms with Crippen LogP contribution in [0, 0.1) is 13.8 Å². The van der Waals surface area contributed by atoms with Crippen molar-refractivity contribution >= 4 is 11.8 Å². The van der Waals surface area contributed by atoms with Crippen LogP contribution in [0.15, 0.2) is 40.9 Å². The molecule has 2 aromatic carbocycles. The van der Waals surface area contributed by atoms with E-state index in [0.29, 0.717) is 56.9 Å². The van der Waals surface area contributed by atoms with Crippen LogP contribution in [0.5, 0.6) is 17.2 Å². The van der Waals surface area contributed by atoms with Crippen molar-refractivity contribution in [2.45, 2.75) is 45.6 Å². The van der Waals surface area contributed by atoms with Gasteiger partial charge in [-0.2, -0.15) is 0 Å². The fraction of sp³-hybridized carbons (Fsp3) is 0.414. The fourth-order valence-electron chi connectivity index (χ4n) is 5.22. The lowest BCUT2D eigenvalue weighted by atomic mass is 9.87. The topological polar surface area (TPSA) is 103 Å². The predicted molar refractivity (Wildman–Crippen MR) is 140 cm³/mol.